The van der Waals surface area contributed by atoms with Crippen molar-refractivity contribution < 1.29 is 20.2 Å². The van der Waals surface area contributed by atoms with Crippen LogP contribution in [0.4, 0.5) is 0 Å². The Labute approximate surface area is 182 Å². The maximum Gasteiger partial charge on any atom is 0.252 e. The fourth-order valence-corrected chi connectivity index (χ4v) is 3.22. The minimum Gasteiger partial charge on any atom is -0.412 e. The number of nitrogens with zero attached hydrogens (tertiary/aromatic N) is 1. The molecule has 0 aromatic heterocycles. The standard InChI is InChI=1S/C25H26N2O3.H2O/c1-19(28)23(26-24(29)22-15-9-4-10-16-22)25(30)27(17-20-11-5-2-6-12-20)18-21-13-7-3-8-14-21;/h2-16,19,23,28H,17-18H2,1H3,(H,26,29);1H2. The van der Waals surface area contributed by atoms with Crippen molar-refractivity contribution in [3.05, 3.63) is 108 Å². The molecule has 3 rings (SSSR count). The van der Waals surface area contributed by atoms with E-state index in [1.807, 2.05) is 66.7 Å². The molecule has 6 heteroatoms. The number of nitrogens with one attached hydrogen (secondary N) is 1. The maximum absolute atomic E-state index is 13.4. The Kier molecular flexibility index (Phi) is 8.94. The lowest BCUT2D eigenvalue weighted by Crippen LogP contribution is -2.53. The molecule has 0 spiro atoms. The lowest BCUT2D eigenvalue weighted by molar-refractivity contribution is -0.137. The van der Waals surface area contributed by atoms with Gasteiger partial charge in [-0.2, -0.15) is 0 Å². The van der Waals surface area contributed by atoms with Gasteiger partial charge in [0.25, 0.3) is 5.91 Å². The number of carbonyl (C=O) groups is 2. The Morgan fingerprint density at radius 3 is 1.65 bits per heavy atom. The van der Waals surface area contributed by atoms with Crippen molar-refractivity contribution in [1.29, 1.82) is 0 Å². The molecule has 2 amide bonds. The van der Waals surface area contributed by atoms with Crippen LogP contribution in [0.3, 0.4) is 0 Å². The van der Waals surface area contributed by atoms with E-state index in [0.29, 0.717) is 18.7 Å². The molecule has 0 saturated carbocycles. The zero-order valence-corrected chi connectivity index (χ0v) is 17.4. The molecule has 162 valence electrons. The van der Waals surface area contributed by atoms with Gasteiger partial charge in [0, 0.05) is 18.7 Å². The van der Waals surface area contributed by atoms with Gasteiger partial charge in [0.15, 0.2) is 0 Å². The quantitative estimate of drug-likeness (QED) is 0.586. The highest BCUT2D eigenvalue weighted by atomic mass is 16.3. The van der Waals surface area contributed by atoms with Crippen LogP contribution in [0.25, 0.3) is 0 Å². The average Bonchev–Trinajstić information content (AvgIpc) is 2.78. The largest absolute Gasteiger partial charge is 0.412 e. The molecule has 0 aliphatic heterocycles. The molecule has 0 heterocycles. The lowest BCUT2D eigenvalue weighted by Gasteiger charge is -2.29. The zero-order valence-electron chi connectivity index (χ0n) is 17.4. The fourth-order valence-electron chi connectivity index (χ4n) is 3.22. The molecule has 3 aromatic rings. The number of hydrogen-bond acceptors (Lipinski definition) is 3. The van der Waals surface area contributed by atoms with E-state index in [1.54, 1.807) is 29.2 Å². The summed E-state index contributed by atoms with van der Waals surface area (Å²) in [6.45, 7) is 2.26. The summed E-state index contributed by atoms with van der Waals surface area (Å²) < 4.78 is 0. The number of rotatable bonds is 8. The third kappa shape index (κ3) is 6.77. The smallest absolute Gasteiger partial charge is 0.252 e. The molecule has 4 N–H and O–H groups in total. The van der Waals surface area contributed by atoms with E-state index in [9.17, 15) is 14.7 Å². The van der Waals surface area contributed by atoms with Gasteiger partial charge in [-0.15, -0.1) is 0 Å². The monoisotopic (exact) mass is 420 g/mol. The van der Waals surface area contributed by atoms with Crippen molar-refractivity contribution >= 4 is 11.8 Å². The van der Waals surface area contributed by atoms with Crippen molar-refractivity contribution in [3.63, 3.8) is 0 Å². The first kappa shape index (κ1) is 23.8. The summed E-state index contributed by atoms with van der Waals surface area (Å²) in [5, 5.41) is 13.0. The first-order valence-corrected chi connectivity index (χ1v) is 9.95. The summed E-state index contributed by atoms with van der Waals surface area (Å²) in [6, 6.07) is 26.9. The Balaban J connectivity index is 0.00000341. The van der Waals surface area contributed by atoms with Crippen molar-refractivity contribution in [2.45, 2.75) is 32.2 Å². The lowest BCUT2D eigenvalue weighted by atomic mass is 10.1. The first-order valence-electron chi connectivity index (χ1n) is 9.95. The first-order chi connectivity index (χ1) is 14.5. The van der Waals surface area contributed by atoms with Crippen molar-refractivity contribution in [2.75, 3.05) is 0 Å². The Morgan fingerprint density at radius 1 is 0.806 bits per heavy atom. The Bertz CT molecular complexity index is 906. The normalized spacial score (nSPS) is 12.2. The molecule has 31 heavy (non-hydrogen) atoms. The van der Waals surface area contributed by atoms with Gasteiger partial charge < -0.3 is 20.8 Å². The molecule has 0 aliphatic carbocycles. The number of hydrogen-bond donors (Lipinski definition) is 2. The molecule has 0 fully saturated rings. The minimum absolute atomic E-state index is 0. The predicted octanol–water partition coefficient (Wildman–Crippen LogP) is 2.57. The molecule has 0 radical (unpaired) electrons. The van der Waals surface area contributed by atoms with E-state index < -0.39 is 18.1 Å². The third-order valence-corrected chi connectivity index (χ3v) is 4.82. The molecule has 0 aliphatic rings. The van der Waals surface area contributed by atoms with Crippen LogP contribution in [0.15, 0.2) is 91.0 Å². The molecule has 2 atom stereocenters. The van der Waals surface area contributed by atoms with Gasteiger partial charge in [0.1, 0.15) is 6.04 Å². The van der Waals surface area contributed by atoms with Crippen LogP contribution in [0, 0.1) is 0 Å². The SMILES string of the molecule is CC(O)C(NC(=O)c1ccccc1)C(=O)N(Cc1ccccc1)Cc1ccccc1.O. The number of aliphatic hydroxyl groups is 1. The van der Waals surface area contributed by atoms with E-state index in [1.165, 1.54) is 6.92 Å². The average molecular weight is 421 g/mol. The van der Waals surface area contributed by atoms with E-state index in [4.69, 9.17) is 0 Å². The van der Waals surface area contributed by atoms with Crippen LogP contribution in [-0.2, 0) is 17.9 Å². The summed E-state index contributed by atoms with van der Waals surface area (Å²) in [4.78, 5) is 27.7. The molecule has 0 saturated heterocycles. The van der Waals surface area contributed by atoms with Gasteiger partial charge in [-0.25, -0.2) is 0 Å². The summed E-state index contributed by atoms with van der Waals surface area (Å²) in [5.41, 5.74) is 2.38. The Morgan fingerprint density at radius 2 is 1.23 bits per heavy atom. The van der Waals surface area contributed by atoms with Gasteiger partial charge in [-0.1, -0.05) is 78.9 Å². The maximum atomic E-state index is 13.4. The second kappa shape index (κ2) is 11.6. The Hall–Kier alpha value is -3.48. The van der Waals surface area contributed by atoms with Crippen molar-refractivity contribution in [2.24, 2.45) is 0 Å². The second-order valence-electron chi connectivity index (χ2n) is 7.22. The van der Waals surface area contributed by atoms with Gasteiger partial charge in [0.2, 0.25) is 5.91 Å². The summed E-state index contributed by atoms with van der Waals surface area (Å²) in [7, 11) is 0. The van der Waals surface area contributed by atoms with Crippen molar-refractivity contribution in [3.8, 4) is 0 Å². The van der Waals surface area contributed by atoms with Crippen LogP contribution >= 0.6 is 0 Å². The number of amides is 2. The number of benzene rings is 3. The van der Waals surface area contributed by atoms with E-state index in [-0.39, 0.29) is 11.4 Å². The summed E-state index contributed by atoms with van der Waals surface area (Å²) in [6.07, 6.45) is -1.04. The molecular formula is C25H28N2O4. The molecular weight excluding hydrogens is 392 g/mol. The molecule has 0 bridgehead atoms. The highest BCUT2D eigenvalue weighted by Gasteiger charge is 2.30. The van der Waals surface area contributed by atoms with E-state index in [2.05, 4.69) is 5.32 Å². The highest BCUT2D eigenvalue weighted by molar-refractivity contribution is 5.97. The van der Waals surface area contributed by atoms with Crippen LogP contribution in [-0.4, -0.2) is 39.4 Å². The van der Waals surface area contributed by atoms with Gasteiger partial charge >= 0.3 is 0 Å². The number of carbonyl (C=O) groups excluding carboxylic acids is 2. The fraction of sp³-hybridized carbons (Fsp3) is 0.200. The van der Waals surface area contributed by atoms with Crippen LogP contribution in [0.5, 0.6) is 0 Å². The second-order valence-corrected chi connectivity index (χ2v) is 7.22. The van der Waals surface area contributed by atoms with Gasteiger partial charge in [0.05, 0.1) is 6.10 Å². The van der Waals surface area contributed by atoms with Crippen LogP contribution in [0.2, 0.25) is 0 Å². The van der Waals surface area contributed by atoms with E-state index >= 15 is 0 Å². The minimum atomic E-state index is -1.05. The summed E-state index contributed by atoms with van der Waals surface area (Å²) in [5.74, 6) is -0.726. The molecule has 6 nitrogen and oxygen atoms in total. The zero-order chi connectivity index (χ0) is 21.3. The summed E-state index contributed by atoms with van der Waals surface area (Å²) >= 11 is 0. The number of aliphatic hydroxyl groups excluding tert-OH is 1. The third-order valence-electron chi connectivity index (χ3n) is 4.82. The van der Waals surface area contributed by atoms with Crippen LogP contribution < -0.4 is 5.32 Å². The topological polar surface area (TPSA) is 101 Å². The predicted molar refractivity (Wildman–Crippen MR) is 120 cm³/mol. The van der Waals surface area contributed by atoms with Crippen molar-refractivity contribution in [1.82, 2.24) is 10.2 Å². The van der Waals surface area contributed by atoms with Gasteiger partial charge in [-0.05, 0) is 30.2 Å². The highest BCUT2D eigenvalue weighted by Crippen LogP contribution is 2.13. The van der Waals surface area contributed by atoms with E-state index in [0.717, 1.165) is 11.1 Å². The molecule has 2 unspecified atom stereocenters. The van der Waals surface area contributed by atoms with Crippen LogP contribution in [0.1, 0.15) is 28.4 Å². The van der Waals surface area contributed by atoms with Gasteiger partial charge in [-0.3, -0.25) is 9.59 Å². The molecule has 3 aromatic carbocycles.